The van der Waals surface area contributed by atoms with E-state index in [0.717, 1.165) is 0 Å². The molecule has 1 aromatic rings. The fraction of sp³-hybridized carbons (Fsp3) is 0.455. The molecular formula is C11H18N2O4S. The van der Waals surface area contributed by atoms with Crippen molar-refractivity contribution in [2.75, 3.05) is 32.6 Å². The lowest BCUT2D eigenvalue weighted by atomic mass is 10.3. The Kier molecular flexibility index (Phi) is 5.39. The minimum atomic E-state index is -3.61. The number of nitrogens with two attached hydrogens (primary N) is 1. The normalized spacial score (nSPS) is 11.4. The van der Waals surface area contributed by atoms with Crippen LogP contribution < -0.4 is 15.2 Å². The van der Waals surface area contributed by atoms with Crippen molar-refractivity contribution in [2.45, 2.75) is 11.8 Å². The van der Waals surface area contributed by atoms with Gasteiger partial charge in [0.05, 0.1) is 13.7 Å². The summed E-state index contributed by atoms with van der Waals surface area (Å²) in [4.78, 5) is 0.0655. The molecule has 18 heavy (non-hydrogen) atoms. The number of hydrogen-bond acceptors (Lipinski definition) is 5. The lowest BCUT2D eigenvalue weighted by Crippen LogP contribution is -2.27. The quantitative estimate of drug-likeness (QED) is 0.561. The first kappa shape index (κ1) is 14.7. The van der Waals surface area contributed by atoms with Gasteiger partial charge in [0.2, 0.25) is 10.0 Å². The summed E-state index contributed by atoms with van der Waals surface area (Å²) < 4.78 is 36.5. The zero-order chi connectivity index (χ0) is 13.6. The van der Waals surface area contributed by atoms with E-state index < -0.39 is 10.0 Å². The Bertz CT molecular complexity index is 488. The summed E-state index contributed by atoms with van der Waals surface area (Å²) in [6.07, 6.45) is 0. The maximum absolute atomic E-state index is 12.0. The van der Waals surface area contributed by atoms with Crippen molar-refractivity contribution in [1.29, 1.82) is 0 Å². The maximum Gasteiger partial charge on any atom is 0.244 e. The van der Waals surface area contributed by atoms with Gasteiger partial charge in [-0.1, -0.05) is 0 Å². The maximum atomic E-state index is 12.0. The molecule has 0 spiro atoms. The number of anilines is 1. The second kappa shape index (κ2) is 6.58. The second-order valence-corrected chi connectivity index (χ2v) is 5.24. The molecule has 0 saturated heterocycles. The van der Waals surface area contributed by atoms with Gasteiger partial charge in [-0.3, -0.25) is 0 Å². The Hall–Kier alpha value is -1.31. The van der Waals surface area contributed by atoms with E-state index in [1.807, 2.05) is 6.92 Å². The molecule has 102 valence electrons. The van der Waals surface area contributed by atoms with Crippen molar-refractivity contribution in [3.05, 3.63) is 18.2 Å². The first-order valence-corrected chi connectivity index (χ1v) is 7.00. The smallest absolute Gasteiger partial charge is 0.244 e. The first-order valence-electron chi connectivity index (χ1n) is 5.52. The third kappa shape index (κ3) is 3.86. The van der Waals surface area contributed by atoms with Crippen molar-refractivity contribution in [2.24, 2.45) is 0 Å². The van der Waals surface area contributed by atoms with E-state index in [-0.39, 0.29) is 17.2 Å². The molecule has 6 nitrogen and oxygen atoms in total. The van der Waals surface area contributed by atoms with Crippen LogP contribution in [0.1, 0.15) is 6.92 Å². The van der Waals surface area contributed by atoms with E-state index in [9.17, 15) is 8.42 Å². The van der Waals surface area contributed by atoms with Gasteiger partial charge in [-0.05, 0) is 19.1 Å². The number of methoxy groups -OCH3 is 1. The van der Waals surface area contributed by atoms with Crippen LogP contribution in [0.15, 0.2) is 23.1 Å². The Morgan fingerprint density at radius 3 is 2.72 bits per heavy atom. The minimum absolute atomic E-state index is 0.0655. The number of ether oxygens (including phenoxy) is 2. The van der Waals surface area contributed by atoms with E-state index in [2.05, 4.69) is 4.72 Å². The summed E-state index contributed by atoms with van der Waals surface area (Å²) in [6, 6.07) is 4.40. The molecular weight excluding hydrogens is 256 g/mol. The zero-order valence-electron chi connectivity index (χ0n) is 10.5. The first-order chi connectivity index (χ1) is 8.51. The van der Waals surface area contributed by atoms with Gasteiger partial charge in [0.1, 0.15) is 10.6 Å². The van der Waals surface area contributed by atoms with Crippen LogP contribution in [0.25, 0.3) is 0 Å². The van der Waals surface area contributed by atoms with E-state index in [1.54, 1.807) is 0 Å². The largest absolute Gasteiger partial charge is 0.495 e. The van der Waals surface area contributed by atoms with Crippen molar-refractivity contribution < 1.29 is 17.9 Å². The average molecular weight is 274 g/mol. The highest BCUT2D eigenvalue weighted by molar-refractivity contribution is 7.89. The van der Waals surface area contributed by atoms with Crippen LogP contribution in [-0.2, 0) is 14.8 Å². The van der Waals surface area contributed by atoms with Gasteiger partial charge in [0.25, 0.3) is 0 Å². The summed E-state index contributed by atoms with van der Waals surface area (Å²) in [5, 5.41) is 0. The lowest BCUT2D eigenvalue weighted by Gasteiger charge is -2.11. The topological polar surface area (TPSA) is 90.7 Å². The fourth-order valence-electron chi connectivity index (χ4n) is 1.38. The molecule has 0 aliphatic heterocycles. The highest BCUT2D eigenvalue weighted by Gasteiger charge is 2.18. The van der Waals surface area contributed by atoms with Crippen LogP contribution in [0.4, 0.5) is 5.69 Å². The highest BCUT2D eigenvalue weighted by Crippen LogP contribution is 2.25. The lowest BCUT2D eigenvalue weighted by molar-refractivity contribution is 0.153. The Labute approximate surface area is 107 Å². The molecule has 0 aliphatic carbocycles. The molecule has 0 heterocycles. The van der Waals surface area contributed by atoms with E-state index in [4.69, 9.17) is 15.2 Å². The van der Waals surface area contributed by atoms with Crippen LogP contribution >= 0.6 is 0 Å². The number of nitrogens with one attached hydrogen (secondary N) is 1. The number of sulfonamides is 1. The van der Waals surface area contributed by atoms with E-state index in [1.165, 1.54) is 25.3 Å². The molecule has 0 amide bonds. The molecule has 3 N–H and O–H groups in total. The van der Waals surface area contributed by atoms with Crippen LogP contribution in [0.3, 0.4) is 0 Å². The molecule has 0 bridgehead atoms. The molecule has 0 saturated carbocycles. The summed E-state index contributed by atoms with van der Waals surface area (Å²) in [7, 11) is -2.21. The molecule has 0 atom stereocenters. The van der Waals surface area contributed by atoms with Gasteiger partial charge in [-0.2, -0.15) is 0 Å². The fourth-order valence-corrected chi connectivity index (χ4v) is 2.54. The van der Waals surface area contributed by atoms with Gasteiger partial charge in [0.15, 0.2) is 0 Å². The van der Waals surface area contributed by atoms with Crippen molar-refractivity contribution in [3.8, 4) is 5.75 Å². The van der Waals surface area contributed by atoms with Gasteiger partial charge in [0, 0.05) is 24.9 Å². The van der Waals surface area contributed by atoms with Crippen molar-refractivity contribution in [3.63, 3.8) is 0 Å². The predicted molar refractivity (Wildman–Crippen MR) is 69.1 cm³/mol. The number of rotatable bonds is 7. The van der Waals surface area contributed by atoms with Gasteiger partial charge >= 0.3 is 0 Å². The molecule has 0 unspecified atom stereocenters. The van der Waals surface area contributed by atoms with Gasteiger partial charge < -0.3 is 15.2 Å². The molecule has 0 aliphatic rings. The monoisotopic (exact) mass is 274 g/mol. The predicted octanol–water partition coefficient (Wildman–Crippen LogP) is 0.592. The van der Waals surface area contributed by atoms with E-state index >= 15 is 0 Å². The molecule has 1 rings (SSSR count). The molecule has 7 heteroatoms. The Morgan fingerprint density at radius 1 is 1.39 bits per heavy atom. The number of hydrogen-bond donors (Lipinski definition) is 2. The molecule has 0 aromatic heterocycles. The molecule has 1 aromatic carbocycles. The minimum Gasteiger partial charge on any atom is -0.495 e. The summed E-state index contributed by atoms with van der Waals surface area (Å²) in [6.45, 7) is 2.93. The van der Waals surface area contributed by atoms with Crippen molar-refractivity contribution in [1.82, 2.24) is 4.72 Å². The van der Waals surface area contributed by atoms with Gasteiger partial charge in [-0.15, -0.1) is 0 Å². The van der Waals surface area contributed by atoms with Gasteiger partial charge in [-0.25, -0.2) is 13.1 Å². The van der Waals surface area contributed by atoms with Crippen LogP contribution in [-0.4, -0.2) is 35.3 Å². The Balaban J connectivity index is 2.84. The molecule has 0 radical (unpaired) electrons. The third-order valence-corrected chi connectivity index (χ3v) is 3.72. The average Bonchev–Trinajstić information content (AvgIpc) is 2.34. The number of nitrogen functional groups attached to an aromatic ring is 1. The molecule has 0 fully saturated rings. The van der Waals surface area contributed by atoms with Crippen molar-refractivity contribution >= 4 is 15.7 Å². The highest BCUT2D eigenvalue weighted by atomic mass is 32.2. The van der Waals surface area contributed by atoms with E-state index in [0.29, 0.717) is 18.9 Å². The summed E-state index contributed by atoms with van der Waals surface area (Å²) >= 11 is 0. The standard InChI is InChI=1S/C11H18N2O4S/c1-3-17-7-6-13-18(14,15)11-5-4-9(12)8-10(11)16-2/h4-5,8,13H,3,6-7,12H2,1-2H3. The van der Waals surface area contributed by atoms with Crippen LogP contribution in [0, 0.1) is 0 Å². The second-order valence-electron chi connectivity index (χ2n) is 3.50. The van der Waals surface area contributed by atoms with Crippen LogP contribution in [0.5, 0.6) is 5.75 Å². The summed E-state index contributed by atoms with van der Waals surface area (Å²) in [5.41, 5.74) is 6.02. The SMILES string of the molecule is CCOCCNS(=O)(=O)c1ccc(N)cc1OC. The summed E-state index contributed by atoms with van der Waals surface area (Å²) in [5.74, 6) is 0.221. The Morgan fingerprint density at radius 2 is 2.11 bits per heavy atom. The zero-order valence-corrected chi connectivity index (χ0v) is 11.3. The number of benzene rings is 1. The third-order valence-electron chi connectivity index (χ3n) is 2.22. The van der Waals surface area contributed by atoms with Crippen LogP contribution in [0.2, 0.25) is 0 Å².